The minimum Gasteiger partial charge on any atom is -1.00 e. The molecular weight excluding hydrogens is 607 g/mol. The Hall–Kier alpha value is -4.02. The van der Waals surface area contributed by atoms with Gasteiger partial charge in [0.1, 0.15) is 9.79 Å². The fourth-order valence-corrected chi connectivity index (χ4v) is 5.18. The van der Waals surface area contributed by atoms with Crippen molar-refractivity contribution < 1.29 is 66.5 Å². The molecule has 12 nitrogen and oxygen atoms in total. The second kappa shape index (κ2) is 14.4. The standard InChI is InChI=1S/C28H24N4O8S2.Na.H/c33-27(29-21-7-3-1-4-8-21)31-23-15-13-19(25(17-23)41(35,36)37)11-12-20-14-16-24(18-26(20)42(38,39)40)32-28(34)30-22-9-5-2-6-10-22;;/h1-18H,(H2,29,31,33)(H2,30,32,34)(H,35,36,37)(H,38,39,40);;/q;+1;-1. The predicted molar refractivity (Wildman–Crippen MR) is 161 cm³/mol. The molecule has 0 aliphatic heterocycles. The molecule has 0 saturated carbocycles. The van der Waals surface area contributed by atoms with Gasteiger partial charge in [0, 0.05) is 22.7 Å². The van der Waals surface area contributed by atoms with Crippen LogP contribution in [0.1, 0.15) is 12.6 Å². The van der Waals surface area contributed by atoms with Crippen molar-refractivity contribution >= 4 is 67.2 Å². The summed E-state index contributed by atoms with van der Waals surface area (Å²) in [5.41, 5.74) is 1.01. The van der Waals surface area contributed by atoms with Crippen LogP contribution in [0.15, 0.2) is 107 Å². The number of para-hydroxylation sites is 2. The molecule has 0 bridgehead atoms. The second-order valence-corrected chi connectivity index (χ2v) is 11.5. The number of nitrogens with one attached hydrogen (secondary N) is 4. The molecule has 0 aromatic heterocycles. The van der Waals surface area contributed by atoms with Crippen LogP contribution in [0.5, 0.6) is 0 Å². The topological polar surface area (TPSA) is 191 Å². The summed E-state index contributed by atoms with van der Waals surface area (Å²) in [4.78, 5) is 23.5. The number of hydrogen-bond acceptors (Lipinski definition) is 6. The third kappa shape index (κ3) is 9.76. The monoisotopic (exact) mass is 632 g/mol. The molecule has 0 atom stereocenters. The van der Waals surface area contributed by atoms with E-state index in [4.69, 9.17) is 0 Å². The largest absolute Gasteiger partial charge is 1.00 e. The smallest absolute Gasteiger partial charge is 1.00 e. The number of carbonyl (C=O) groups excluding carboxylic acids is 2. The first-order valence-corrected chi connectivity index (χ1v) is 14.9. The maximum absolute atomic E-state index is 12.3. The summed E-state index contributed by atoms with van der Waals surface area (Å²) in [5, 5.41) is 10.1. The van der Waals surface area contributed by atoms with Crippen molar-refractivity contribution in [3.63, 3.8) is 0 Å². The van der Waals surface area contributed by atoms with Gasteiger partial charge < -0.3 is 22.7 Å². The normalized spacial score (nSPS) is 11.3. The molecule has 0 heterocycles. The van der Waals surface area contributed by atoms with Gasteiger partial charge in [0.15, 0.2) is 0 Å². The molecule has 4 aromatic rings. The molecule has 0 unspecified atom stereocenters. The number of benzene rings is 4. The molecule has 0 radical (unpaired) electrons. The Morgan fingerprint density at radius 3 is 1.19 bits per heavy atom. The van der Waals surface area contributed by atoms with Gasteiger partial charge in [-0.3, -0.25) is 9.11 Å². The molecule has 43 heavy (non-hydrogen) atoms. The summed E-state index contributed by atoms with van der Waals surface area (Å²) in [7, 11) is -9.57. The minimum atomic E-state index is -4.78. The third-order valence-electron chi connectivity index (χ3n) is 5.60. The number of amides is 4. The van der Waals surface area contributed by atoms with E-state index in [2.05, 4.69) is 21.3 Å². The van der Waals surface area contributed by atoms with Crippen molar-refractivity contribution in [3.05, 3.63) is 108 Å². The van der Waals surface area contributed by atoms with Crippen LogP contribution in [0.25, 0.3) is 12.2 Å². The van der Waals surface area contributed by atoms with E-state index in [1.165, 1.54) is 36.4 Å². The quantitative estimate of drug-likeness (QED) is 0.0971. The van der Waals surface area contributed by atoms with E-state index in [1.54, 1.807) is 60.7 Å². The molecule has 0 spiro atoms. The number of carbonyl (C=O) groups is 2. The molecule has 6 N–H and O–H groups in total. The number of rotatable bonds is 8. The van der Waals surface area contributed by atoms with Gasteiger partial charge in [0.05, 0.1) is 0 Å². The fraction of sp³-hybridized carbons (Fsp3) is 0. The van der Waals surface area contributed by atoms with Gasteiger partial charge >= 0.3 is 41.6 Å². The van der Waals surface area contributed by atoms with Crippen molar-refractivity contribution in [2.45, 2.75) is 9.79 Å². The maximum Gasteiger partial charge on any atom is 1.00 e. The summed E-state index contributed by atoms with van der Waals surface area (Å²) >= 11 is 0. The van der Waals surface area contributed by atoms with Gasteiger partial charge in [0.2, 0.25) is 0 Å². The van der Waals surface area contributed by atoms with E-state index in [0.29, 0.717) is 11.4 Å². The molecule has 15 heteroatoms. The Bertz CT molecular complexity index is 1740. The van der Waals surface area contributed by atoms with Crippen LogP contribution in [0.3, 0.4) is 0 Å². The summed E-state index contributed by atoms with van der Waals surface area (Å²) in [5.74, 6) is 0. The predicted octanol–water partition coefficient (Wildman–Crippen LogP) is 2.75. The number of anilines is 4. The van der Waals surface area contributed by atoms with Crippen LogP contribution < -0.4 is 50.8 Å². The molecular formula is C28H25N4NaO8S2. The number of hydrogen-bond donors (Lipinski definition) is 6. The molecule has 0 fully saturated rings. The van der Waals surface area contributed by atoms with Gasteiger partial charge in [-0.25, -0.2) is 9.59 Å². The maximum atomic E-state index is 12.3. The second-order valence-electron chi connectivity index (χ2n) is 8.68. The van der Waals surface area contributed by atoms with Gasteiger partial charge in [-0.15, -0.1) is 0 Å². The summed E-state index contributed by atoms with van der Waals surface area (Å²) in [6, 6.07) is 23.1. The van der Waals surface area contributed by atoms with Crippen LogP contribution in [-0.4, -0.2) is 38.0 Å². The third-order valence-corrected chi connectivity index (χ3v) is 7.42. The SMILES string of the molecule is O=C(Nc1ccccc1)Nc1ccc(C=Cc2ccc(NC(=O)Nc3ccccc3)cc2S(=O)(=O)O)c(S(=O)(=O)O)c1.[H-].[Na+]. The first kappa shape index (κ1) is 33.5. The van der Waals surface area contributed by atoms with Crippen LogP contribution in [0.4, 0.5) is 32.3 Å². The van der Waals surface area contributed by atoms with Crippen molar-refractivity contribution in [2.24, 2.45) is 0 Å². The molecule has 4 aromatic carbocycles. The zero-order valence-corrected chi connectivity index (χ0v) is 26.2. The zero-order valence-electron chi connectivity index (χ0n) is 23.6. The zero-order chi connectivity index (χ0) is 30.3. The van der Waals surface area contributed by atoms with Crippen LogP contribution in [-0.2, 0) is 20.2 Å². The average Bonchev–Trinajstić information content (AvgIpc) is 2.92. The molecule has 4 rings (SSSR count). The molecule has 218 valence electrons. The Morgan fingerprint density at radius 1 is 0.535 bits per heavy atom. The molecule has 0 aliphatic rings. The van der Waals surface area contributed by atoms with Crippen molar-refractivity contribution in [2.75, 3.05) is 21.3 Å². The first-order chi connectivity index (χ1) is 19.9. The van der Waals surface area contributed by atoms with E-state index < -0.39 is 42.1 Å². The van der Waals surface area contributed by atoms with Crippen LogP contribution in [0, 0.1) is 0 Å². The van der Waals surface area contributed by atoms with Gasteiger partial charge in [-0.05, 0) is 59.7 Å². The van der Waals surface area contributed by atoms with Crippen molar-refractivity contribution in [1.82, 2.24) is 0 Å². The molecule has 0 aliphatic carbocycles. The summed E-state index contributed by atoms with van der Waals surface area (Å²) in [6.45, 7) is 0. The van der Waals surface area contributed by atoms with E-state index in [1.807, 2.05) is 0 Å². The van der Waals surface area contributed by atoms with Crippen molar-refractivity contribution in [3.8, 4) is 0 Å². The van der Waals surface area contributed by atoms with E-state index in [9.17, 15) is 35.5 Å². The minimum absolute atomic E-state index is 0. The van der Waals surface area contributed by atoms with Gasteiger partial charge in [0.25, 0.3) is 20.2 Å². The van der Waals surface area contributed by atoms with Crippen LogP contribution >= 0.6 is 0 Å². The van der Waals surface area contributed by atoms with Crippen molar-refractivity contribution in [1.29, 1.82) is 0 Å². The molecule has 0 saturated heterocycles. The first-order valence-electron chi connectivity index (χ1n) is 12.1. The Kier molecular flexibility index (Phi) is 11.2. The fourth-order valence-electron chi connectivity index (χ4n) is 3.76. The Balaban J connectivity index is 0.00000337. The summed E-state index contributed by atoms with van der Waals surface area (Å²) < 4.78 is 68.0. The van der Waals surface area contributed by atoms with Gasteiger partial charge in [-0.1, -0.05) is 60.7 Å². The van der Waals surface area contributed by atoms with E-state index in [0.717, 1.165) is 12.1 Å². The van der Waals surface area contributed by atoms with E-state index >= 15 is 0 Å². The van der Waals surface area contributed by atoms with E-state index in [-0.39, 0.29) is 53.5 Å². The van der Waals surface area contributed by atoms with Crippen LogP contribution in [0.2, 0.25) is 0 Å². The Labute approximate surface area is 271 Å². The molecule has 4 amide bonds. The number of urea groups is 2. The average molecular weight is 633 g/mol. The Morgan fingerprint density at radius 2 is 0.860 bits per heavy atom. The van der Waals surface area contributed by atoms with Gasteiger partial charge in [-0.2, -0.15) is 16.8 Å². The summed E-state index contributed by atoms with van der Waals surface area (Å²) in [6.07, 6.45) is 2.41.